The highest BCUT2D eigenvalue weighted by Gasteiger charge is 2.26. The molecule has 0 radical (unpaired) electrons. The Morgan fingerprint density at radius 2 is 1.81 bits per heavy atom. The van der Waals surface area contributed by atoms with Gasteiger partial charge in [-0.2, -0.15) is 0 Å². The van der Waals surface area contributed by atoms with Gasteiger partial charge in [-0.05, 0) is 31.0 Å². The number of halogens is 2. The van der Waals surface area contributed by atoms with Crippen molar-refractivity contribution >= 4 is 40.7 Å². The predicted octanol–water partition coefficient (Wildman–Crippen LogP) is 2.21. The predicted molar refractivity (Wildman–Crippen MR) is 81.4 cm³/mol. The Morgan fingerprint density at radius 1 is 1.14 bits per heavy atom. The molecule has 1 aliphatic carbocycles. The molecule has 1 fully saturated rings. The van der Waals surface area contributed by atoms with Crippen LogP contribution in [0, 0.1) is 5.92 Å². The van der Waals surface area contributed by atoms with E-state index in [4.69, 9.17) is 23.2 Å². The molecule has 114 valence electrons. The molecule has 0 heterocycles. The Bertz CT molecular complexity index is 531. The maximum atomic E-state index is 11.7. The van der Waals surface area contributed by atoms with Gasteiger partial charge in [0, 0.05) is 28.2 Å². The van der Waals surface area contributed by atoms with Crippen LogP contribution >= 0.6 is 23.2 Å². The zero-order chi connectivity index (χ0) is 15.4. The number of rotatable bonds is 3. The second-order valence-corrected chi connectivity index (χ2v) is 5.95. The van der Waals surface area contributed by atoms with E-state index in [-0.39, 0.29) is 5.92 Å². The van der Waals surface area contributed by atoms with Crippen LogP contribution in [0.15, 0.2) is 18.2 Å². The number of hydrogen-bond donors (Lipinski definition) is 3. The van der Waals surface area contributed by atoms with Crippen molar-refractivity contribution in [1.29, 1.82) is 0 Å². The molecule has 2 rings (SSSR count). The molecule has 1 aromatic rings. The summed E-state index contributed by atoms with van der Waals surface area (Å²) < 4.78 is 0. The summed E-state index contributed by atoms with van der Waals surface area (Å²) in [6.45, 7) is 0.295. The number of nitrogens with one attached hydrogen (secondary N) is 2. The fourth-order valence-electron chi connectivity index (χ4n) is 2.37. The van der Waals surface area contributed by atoms with Gasteiger partial charge < -0.3 is 15.7 Å². The Kier molecular flexibility index (Phi) is 5.45. The smallest absolute Gasteiger partial charge is 0.313 e. The number of benzene rings is 1. The van der Waals surface area contributed by atoms with Crippen molar-refractivity contribution in [3.8, 4) is 0 Å². The number of carbonyl (C=O) groups excluding carboxylic acids is 2. The van der Waals surface area contributed by atoms with E-state index in [1.165, 1.54) is 18.2 Å². The minimum atomic E-state index is -0.791. The lowest BCUT2D eigenvalue weighted by Crippen LogP contribution is -2.39. The molecule has 2 unspecified atom stereocenters. The molecular weight excluding hydrogens is 315 g/mol. The molecule has 0 aromatic heterocycles. The highest BCUT2D eigenvalue weighted by Crippen LogP contribution is 2.24. The third-order valence-corrected chi connectivity index (χ3v) is 3.91. The van der Waals surface area contributed by atoms with E-state index in [0.717, 1.165) is 19.3 Å². The number of anilines is 1. The molecule has 0 bridgehead atoms. The maximum Gasteiger partial charge on any atom is 0.313 e. The van der Waals surface area contributed by atoms with Crippen molar-refractivity contribution < 1.29 is 14.7 Å². The van der Waals surface area contributed by atoms with Gasteiger partial charge in [-0.3, -0.25) is 9.59 Å². The topological polar surface area (TPSA) is 78.4 Å². The number of amides is 2. The van der Waals surface area contributed by atoms with Crippen molar-refractivity contribution in [3.63, 3.8) is 0 Å². The summed E-state index contributed by atoms with van der Waals surface area (Å²) in [7, 11) is 0. The third-order valence-electron chi connectivity index (χ3n) is 3.47. The van der Waals surface area contributed by atoms with Gasteiger partial charge in [-0.15, -0.1) is 0 Å². The Hall–Kier alpha value is -1.30. The van der Waals surface area contributed by atoms with Crippen molar-refractivity contribution in [1.82, 2.24) is 5.32 Å². The molecule has 0 aliphatic heterocycles. The van der Waals surface area contributed by atoms with Crippen LogP contribution in [0.5, 0.6) is 0 Å². The van der Waals surface area contributed by atoms with E-state index >= 15 is 0 Å². The molecule has 0 spiro atoms. The Balaban J connectivity index is 1.86. The van der Waals surface area contributed by atoms with Crippen LogP contribution in [-0.4, -0.2) is 29.6 Å². The van der Waals surface area contributed by atoms with Gasteiger partial charge in [0.2, 0.25) is 0 Å². The van der Waals surface area contributed by atoms with Gasteiger partial charge in [0.1, 0.15) is 0 Å². The van der Waals surface area contributed by atoms with Gasteiger partial charge in [-0.1, -0.05) is 29.6 Å². The van der Waals surface area contributed by atoms with Gasteiger partial charge >= 0.3 is 11.8 Å². The van der Waals surface area contributed by atoms with Crippen LogP contribution in [0.4, 0.5) is 5.69 Å². The first kappa shape index (κ1) is 16.1. The fraction of sp³-hybridized carbons (Fsp3) is 0.429. The van der Waals surface area contributed by atoms with Crippen molar-refractivity contribution in [3.05, 3.63) is 28.2 Å². The minimum absolute atomic E-state index is 0.0161. The molecule has 2 amide bonds. The number of hydrogen-bond acceptors (Lipinski definition) is 3. The standard InChI is InChI=1S/C14H16Cl2N2O3/c15-9-4-10(16)6-11(5-9)18-14(21)13(20)17-7-8-2-1-3-12(8)19/h4-6,8,12,19H,1-3,7H2,(H,17,20)(H,18,21). The van der Waals surface area contributed by atoms with Crippen LogP contribution in [0.3, 0.4) is 0 Å². The monoisotopic (exact) mass is 330 g/mol. The van der Waals surface area contributed by atoms with Crippen LogP contribution in [0.2, 0.25) is 10.0 Å². The second kappa shape index (κ2) is 7.11. The SMILES string of the molecule is O=C(NCC1CCCC1O)C(=O)Nc1cc(Cl)cc(Cl)c1. The van der Waals surface area contributed by atoms with Crippen LogP contribution in [0.1, 0.15) is 19.3 Å². The molecule has 1 aliphatic rings. The van der Waals surface area contributed by atoms with E-state index in [1.54, 1.807) is 0 Å². The van der Waals surface area contributed by atoms with Gasteiger partial charge in [0.25, 0.3) is 0 Å². The first-order chi connectivity index (χ1) is 9.95. The summed E-state index contributed by atoms with van der Waals surface area (Å²) in [6, 6.07) is 4.53. The summed E-state index contributed by atoms with van der Waals surface area (Å²) in [6.07, 6.45) is 2.13. The summed E-state index contributed by atoms with van der Waals surface area (Å²) in [5.74, 6) is -1.52. The zero-order valence-electron chi connectivity index (χ0n) is 11.2. The number of carbonyl (C=O) groups is 2. The molecule has 1 aromatic carbocycles. The summed E-state index contributed by atoms with van der Waals surface area (Å²) in [5, 5.41) is 15.3. The lowest BCUT2D eigenvalue weighted by Gasteiger charge is -2.14. The quantitative estimate of drug-likeness (QED) is 0.743. The normalized spacial score (nSPS) is 21.1. The van der Waals surface area contributed by atoms with Crippen LogP contribution in [-0.2, 0) is 9.59 Å². The molecule has 1 saturated carbocycles. The third kappa shape index (κ3) is 4.59. The molecule has 3 N–H and O–H groups in total. The lowest BCUT2D eigenvalue weighted by atomic mass is 10.1. The largest absolute Gasteiger partial charge is 0.393 e. The summed E-state index contributed by atoms with van der Waals surface area (Å²) in [4.78, 5) is 23.5. The highest BCUT2D eigenvalue weighted by molar-refractivity contribution is 6.40. The molecule has 0 saturated heterocycles. The number of aliphatic hydroxyl groups is 1. The van der Waals surface area contributed by atoms with Gasteiger partial charge in [-0.25, -0.2) is 0 Å². The molecular formula is C14H16Cl2N2O3. The molecule has 7 heteroatoms. The van der Waals surface area contributed by atoms with Crippen molar-refractivity contribution in [2.45, 2.75) is 25.4 Å². The molecule has 5 nitrogen and oxygen atoms in total. The van der Waals surface area contributed by atoms with E-state index in [1.807, 2.05) is 0 Å². The fourth-order valence-corrected chi connectivity index (χ4v) is 2.90. The average molecular weight is 331 g/mol. The molecule has 2 atom stereocenters. The zero-order valence-corrected chi connectivity index (χ0v) is 12.7. The van der Waals surface area contributed by atoms with Crippen LogP contribution in [0.25, 0.3) is 0 Å². The maximum absolute atomic E-state index is 11.7. The lowest BCUT2D eigenvalue weighted by molar-refractivity contribution is -0.136. The second-order valence-electron chi connectivity index (χ2n) is 5.08. The Labute approximate surface area is 132 Å². The van der Waals surface area contributed by atoms with Gasteiger partial charge in [0.05, 0.1) is 6.10 Å². The van der Waals surface area contributed by atoms with Crippen molar-refractivity contribution in [2.24, 2.45) is 5.92 Å². The summed E-state index contributed by atoms with van der Waals surface area (Å²) in [5.41, 5.74) is 0.355. The van der Waals surface area contributed by atoms with Crippen molar-refractivity contribution in [2.75, 3.05) is 11.9 Å². The molecule has 21 heavy (non-hydrogen) atoms. The highest BCUT2D eigenvalue weighted by atomic mass is 35.5. The summed E-state index contributed by atoms with van der Waals surface area (Å²) >= 11 is 11.6. The van der Waals surface area contributed by atoms with Gasteiger partial charge in [0.15, 0.2) is 0 Å². The van der Waals surface area contributed by atoms with E-state index in [2.05, 4.69) is 10.6 Å². The average Bonchev–Trinajstić information content (AvgIpc) is 2.80. The van der Waals surface area contributed by atoms with E-state index < -0.39 is 17.9 Å². The Morgan fingerprint density at radius 3 is 2.38 bits per heavy atom. The number of aliphatic hydroxyl groups excluding tert-OH is 1. The van der Waals surface area contributed by atoms with Crippen LogP contribution < -0.4 is 10.6 Å². The first-order valence-electron chi connectivity index (χ1n) is 6.69. The van der Waals surface area contributed by atoms with E-state index in [0.29, 0.717) is 22.3 Å². The van der Waals surface area contributed by atoms with E-state index in [9.17, 15) is 14.7 Å². The first-order valence-corrected chi connectivity index (χ1v) is 7.44. The minimum Gasteiger partial charge on any atom is -0.393 e.